The van der Waals surface area contributed by atoms with Crippen molar-refractivity contribution >= 4 is 11.4 Å². The van der Waals surface area contributed by atoms with Crippen LogP contribution >= 0.6 is 0 Å². The lowest BCUT2D eigenvalue weighted by atomic mass is 9.61. The first kappa shape index (κ1) is 19.6. The van der Waals surface area contributed by atoms with E-state index in [1.807, 2.05) is 12.1 Å². The first-order valence-electron chi connectivity index (χ1n) is 10.9. The molecule has 2 saturated heterocycles. The molecule has 1 aromatic carbocycles. The number of anilines is 1. The Bertz CT molecular complexity index is 666. The van der Waals surface area contributed by atoms with Gasteiger partial charge < -0.3 is 10.2 Å². The second kappa shape index (κ2) is 7.99. The third kappa shape index (κ3) is 4.33. The number of piperazine rings is 1. The molecule has 6 nitrogen and oxygen atoms in total. The van der Waals surface area contributed by atoms with E-state index in [1.165, 1.54) is 58.2 Å². The molecule has 1 N–H and O–H groups in total. The van der Waals surface area contributed by atoms with Crippen LogP contribution in [0.1, 0.15) is 45.4 Å². The molecule has 0 atom stereocenters. The van der Waals surface area contributed by atoms with Crippen molar-refractivity contribution in [3.05, 3.63) is 34.4 Å². The Morgan fingerprint density at radius 3 is 2.14 bits per heavy atom. The summed E-state index contributed by atoms with van der Waals surface area (Å²) in [5, 5.41) is 14.4. The molecular weight excluding hydrogens is 352 g/mol. The van der Waals surface area contributed by atoms with Crippen molar-refractivity contribution in [1.82, 2.24) is 10.2 Å². The topological polar surface area (TPSA) is 61.7 Å². The third-order valence-electron chi connectivity index (χ3n) is 7.59. The van der Waals surface area contributed by atoms with Gasteiger partial charge in [0.1, 0.15) is 0 Å². The highest BCUT2D eigenvalue weighted by molar-refractivity contribution is 5.51. The van der Waals surface area contributed by atoms with Gasteiger partial charge >= 0.3 is 0 Å². The van der Waals surface area contributed by atoms with Gasteiger partial charge in [-0.1, -0.05) is 6.92 Å². The van der Waals surface area contributed by atoms with E-state index in [1.54, 1.807) is 12.1 Å². The molecule has 3 aliphatic rings. The Hall–Kier alpha value is -1.66. The molecule has 0 aromatic heterocycles. The maximum Gasteiger partial charge on any atom is 0.269 e. The molecule has 0 radical (unpaired) electrons. The van der Waals surface area contributed by atoms with E-state index in [9.17, 15) is 10.1 Å². The predicted octanol–water partition coefficient (Wildman–Crippen LogP) is 3.67. The predicted molar refractivity (Wildman–Crippen MR) is 113 cm³/mol. The van der Waals surface area contributed by atoms with Gasteiger partial charge in [0.25, 0.3) is 5.69 Å². The van der Waals surface area contributed by atoms with Gasteiger partial charge in [0, 0.05) is 50.5 Å². The molecule has 2 aliphatic heterocycles. The van der Waals surface area contributed by atoms with Crippen LogP contribution < -0.4 is 10.2 Å². The largest absolute Gasteiger partial charge is 0.369 e. The Morgan fingerprint density at radius 2 is 1.57 bits per heavy atom. The van der Waals surface area contributed by atoms with E-state index >= 15 is 0 Å². The molecule has 1 aliphatic carbocycles. The number of rotatable bonds is 4. The Kier molecular flexibility index (Phi) is 5.61. The van der Waals surface area contributed by atoms with Crippen LogP contribution in [0.15, 0.2) is 24.3 Å². The lowest BCUT2D eigenvalue weighted by Gasteiger charge is -2.49. The van der Waals surface area contributed by atoms with Crippen LogP contribution in [0, 0.1) is 20.9 Å². The quantitative estimate of drug-likeness (QED) is 0.632. The van der Waals surface area contributed by atoms with Gasteiger partial charge in [0.2, 0.25) is 0 Å². The van der Waals surface area contributed by atoms with E-state index in [-0.39, 0.29) is 10.6 Å². The van der Waals surface area contributed by atoms with E-state index in [4.69, 9.17) is 0 Å². The summed E-state index contributed by atoms with van der Waals surface area (Å²) < 4.78 is 0. The Labute approximate surface area is 168 Å². The smallest absolute Gasteiger partial charge is 0.269 e. The second-order valence-corrected chi connectivity index (χ2v) is 9.60. The lowest BCUT2D eigenvalue weighted by molar-refractivity contribution is -0.384. The zero-order valence-corrected chi connectivity index (χ0v) is 17.2. The van der Waals surface area contributed by atoms with Crippen molar-refractivity contribution < 1.29 is 4.92 Å². The minimum Gasteiger partial charge on any atom is -0.369 e. The molecule has 3 fully saturated rings. The van der Waals surface area contributed by atoms with E-state index in [0.717, 1.165) is 31.9 Å². The minimum atomic E-state index is -0.333. The molecule has 28 heavy (non-hydrogen) atoms. The standard InChI is InChI=1S/C22H34N4O2/c1-21(6-8-22(9-7-21)10-12-23-13-11-22)18-24-14-16-25(17-15-24)19-2-4-20(5-3-19)26(27)28/h2-5,23H,6-18H2,1H3. The SMILES string of the molecule is CC1(CN2CCN(c3ccc([N+](=O)[O-])cc3)CC2)CCC2(CCNCC2)CC1. The van der Waals surface area contributed by atoms with Gasteiger partial charge in [-0.15, -0.1) is 0 Å². The normalized spacial score (nSPS) is 25.0. The van der Waals surface area contributed by atoms with Crippen molar-refractivity contribution in [3.63, 3.8) is 0 Å². The summed E-state index contributed by atoms with van der Waals surface area (Å²) in [6, 6.07) is 6.99. The summed E-state index contributed by atoms with van der Waals surface area (Å²) in [6.45, 7) is 10.3. The molecule has 0 unspecified atom stereocenters. The van der Waals surface area contributed by atoms with Crippen LogP contribution in [0.3, 0.4) is 0 Å². The summed E-state index contributed by atoms with van der Waals surface area (Å²) in [5.74, 6) is 0. The van der Waals surface area contributed by atoms with Crippen molar-refractivity contribution in [2.75, 3.05) is 50.7 Å². The van der Waals surface area contributed by atoms with Gasteiger partial charge in [0.05, 0.1) is 4.92 Å². The number of nitro benzene ring substituents is 1. The molecular formula is C22H34N4O2. The summed E-state index contributed by atoms with van der Waals surface area (Å²) in [7, 11) is 0. The Balaban J connectivity index is 1.27. The highest BCUT2D eigenvalue weighted by Crippen LogP contribution is 2.50. The average Bonchev–Trinajstić information content (AvgIpc) is 2.72. The lowest BCUT2D eigenvalue weighted by Crippen LogP contribution is -2.51. The average molecular weight is 387 g/mol. The van der Waals surface area contributed by atoms with Crippen molar-refractivity contribution in [2.45, 2.75) is 45.4 Å². The van der Waals surface area contributed by atoms with Gasteiger partial charge in [-0.3, -0.25) is 15.0 Å². The number of hydrogen-bond donors (Lipinski definition) is 1. The number of piperidine rings is 1. The molecule has 6 heteroatoms. The maximum atomic E-state index is 10.8. The number of nitrogens with zero attached hydrogens (tertiary/aromatic N) is 3. The van der Waals surface area contributed by atoms with Crippen LogP contribution in [0.5, 0.6) is 0 Å². The number of hydrogen-bond acceptors (Lipinski definition) is 5. The molecule has 4 rings (SSSR count). The summed E-state index contributed by atoms with van der Waals surface area (Å²) in [6.07, 6.45) is 8.31. The van der Waals surface area contributed by atoms with E-state index in [2.05, 4.69) is 22.0 Å². The summed E-state index contributed by atoms with van der Waals surface area (Å²) >= 11 is 0. The fourth-order valence-electron chi connectivity index (χ4n) is 5.49. The Morgan fingerprint density at radius 1 is 0.964 bits per heavy atom. The molecule has 0 amide bonds. The van der Waals surface area contributed by atoms with Gasteiger partial charge in [-0.2, -0.15) is 0 Å². The van der Waals surface area contributed by atoms with Crippen LogP contribution in [-0.2, 0) is 0 Å². The van der Waals surface area contributed by atoms with Crippen molar-refractivity contribution in [1.29, 1.82) is 0 Å². The number of nitrogens with one attached hydrogen (secondary N) is 1. The highest BCUT2D eigenvalue weighted by atomic mass is 16.6. The zero-order chi connectivity index (χ0) is 19.6. The van der Waals surface area contributed by atoms with Crippen LogP contribution in [0.25, 0.3) is 0 Å². The van der Waals surface area contributed by atoms with Gasteiger partial charge in [-0.25, -0.2) is 0 Å². The summed E-state index contributed by atoms with van der Waals surface area (Å²) in [5.41, 5.74) is 2.37. The van der Waals surface area contributed by atoms with Crippen molar-refractivity contribution in [2.24, 2.45) is 10.8 Å². The monoisotopic (exact) mass is 386 g/mol. The molecule has 1 saturated carbocycles. The van der Waals surface area contributed by atoms with Crippen LogP contribution in [0.2, 0.25) is 0 Å². The zero-order valence-electron chi connectivity index (χ0n) is 17.2. The third-order valence-corrected chi connectivity index (χ3v) is 7.59. The fourth-order valence-corrected chi connectivity index (χ4v) is 5.49. The number of nitro groups is 1. The van der Waals surface area contributed by atoms with E-state index in [0.29, 0.717) is 10.8 Å². The van der Waals surface area contributed by atoms with Crippen LogP contribution in [0.4, 0.5) is 11.4 Å². The van der Waals surface area contributed by atoms with Gasteiger partial charge in [-0.05, 0) is 74.6 Å². The number of benzene rings is 1. The van der Waals surface area contributed by atoms with Crippen LogP contribution in [-0.4, -0.2) is 55.6 Å². The molecule has 1 aromatic rings. The summed E-state index contributed by atoms with van der Waals surface area (Å²) in [4.78, 5) is 15.5. The fraction of sp³-hybridized carbons (Fsp3) is 0.727. The van der Waals surface area contributed by atoms with Crippen molar-refractivity contribution in [3.8, 4) is 0 Å². The second-order valence-electron chi connectivity index (χ2n) is 9.60. The highest BCUT2D eigenvalue weighted by Gasteiger charge is 2.41. The molecule has 0 bridgehead atoms. The molecule has 1 spiro atoms. The number of non-ortho nitro benzene ring substituents is 1. The minimum absolute atomic E-state index is 0.166. The molecule has 2 heterocycles. The van der Waals surface area contributed by atoms with E-state index < -0.39 is 0 Å². The van der Waals surface area contributed by atoms with Gasteiger partial charge in [0.15, 0.2) is 0 Å². The maximum absolute atomic E-state index is 10.8. The first-order valence-corrected chi connectivity index (χ1v) is 10.9. The molecule has 154 valence electrons. The first-order chi connectivity index (χ1) is 13.5.